The van der Waals surface area contributed by atoms with Gasteiger partial charge in [-0.05, 0) is 31.9 Å². The number of nitrogens with zero attached hydrogens (tertiary/aromatic N) is 2. The van der Waals surface area contributed by atoms with Gasteiger partial charge in [-0.2, -0.15) is 0 Å². The van der Waals surface area contributed by atoms with Gasteiger partial charge in [0, 0.05) is 36.3 Å². The summed E-state index contributed by atoms with van der Waals surface area (Å²) in [5.74, 6) is 0.449. The van der Waals surface area contributed by atoms with E-state index in [2.05, 4.69) is 0 Å². The molecule has 2 heterocycles. The second-order valence-corrected chi connectivity index (χ2v) is 8.11. The molecule has 0 atom stereocenters. The number of hydrogen-bond donors (Lipinski definition) is 0. The highest BCUT2D eigenvalue weighted by molar-refractivity contribution is 7.16. The lowest BCUT2D eigenvalue weighted by Crippen LogP contribution is -2.45. The molecule has 1 aromatic rings. The minimum Gasteiger partial charge on any atom is -0.342 e. The van der Waals surface area contributed by atoms with E-state index < -0.39 is 0 Å². The molecule has 6 heteroatoms. The Kier molecular flexibility index (Phi) is 6.48. The molecule has 1 saturated heterocycles. The molecule has 1 aliphatic heterocycles. The zero-order valence-electron chi connectivity index (χ0n) is 14.0. The molecular weight excluding hydrogens is 332 g/mol. The van der Waals surface area contributed by atoms with Gasteiger partial charge >= 0.3 is 0 Å². The van der Waals surface area contributed by atoms with E-state index in [1.807, 2.05) is 42.7 Å². The summed E-state index contributed by atoms with van der Waals surface area (Å²) >= 11 is 7.49. The number of thiophene rings is 1. The fraction of sp³-hybridized carbons (Fsp3) is 0.647. The van der Waals surface area contributed by atoms with Gasteiger partial charge in [-0.15, -0.1) is 11.3 Å². The highest BCUT2D eigenvalue weighted by Crippen LogP contribution is 2.25. The zero-order valence-corrected chi connectivity index (χ0v) is 15.6. The molecule has 2 rings (SSSR count). The SMILES string of the molecule is CCN(Cc1ccc(Cl)s1)C(=O)C1CCN(C(=O)C(C)C)CC1. The van der Waals surface area contributed by atoms with E-state index in [-0.39, 0.29) is 23.7 Å². The number of likely N-dealkylation sites (tertiary alicyclic amines) is 1. The van der Waals surface area contributed by atoms with Gasteiger partial charge in [-0.25, -0.2) is 0 Å². The molecule has 0 bridgehead atoms. The molecule has 0 aliphatic carbocycles. The maximum Gasteiger partial charge on any atom is 0.226 e. The third kappa shape index (κ3) is 4.70. The summed E-state index contributed by atoms with van der Waals surface area (Å²) in [4.78, 5) is 29.7. The lowest BCUT2D eigenvalue weighted by atomic mass is 9.94. The molecule has 0 saturated carbocycles. The Morgan fingerprint density at radius 1 is 1.35 bits per heavy atom. The average molecular weight is 357 g/mol. The highest BCUT2D eigenvalue weighted by Gasteiger charge is 2.30. The van der Waals surface area contributed by atoms with Crippen molar-refractivity contribution in [2.75, 3.05) is 19.6 Å². The smallest absolute Gasteiger partial charge is 0.226 e. The van der Waals surface area contributed by atoms with Crippen LogP contribution in [0.3, 0.4) is 0 Å². The fourth-order valence-electron chi connectivity index (χ4n) is 2.94. The first-order chi connectivity index (χ1) is 10.9. The Balaban J connectivity index is 1.91. The average Bonchev–Trinajstić information content (AvgIpc) is 2.96. The predicted molar refractivity (Wildman–Crippen MR) is 94.6 cm³/mol. The van der Waals surface area contributed by atoms with Crippen LogP contribution in [0.25, 0.3) is 0 Å². The zero-order chi connectivity index (χ0) is 17.0. The first-order valence-corrected chi connectivity index (χ1v) is 9.43. The van der Waals surface area contributed by atoms with Gasteiger partial charge in [0.25, 0.3) is 0 Å². The molecule has 2 amide bonds. The van der Waals surface area contributed by atoms with Crippen molar-refractivity contribution >= 4 is 34.8 Å². The maximum atomic E-state index is 12.7. The Morgan fingerprint density at radius 3 is 2.48 bits per heavy atom. The normalized spacial score (nSPS) is 16.0. The molecule has 1 fully saturated rings. The second-order valence-electron chi connectivity index (χ2n) is 6.31. The topological polar surface area (TPSA) is 40.6 Å². The summed E-state index contributed by atoms with van der Waals surface area (Å²) in [5, 5.41) is 0. The summed E-state index contributed by atoms with van der Waals surface area (Å²) in [6.07, 6.45) is 1.53. The first kappa shape index (κ1) is 18.3. The summed E-state index contributed by atoms with van der Waals surface area (Å²) in [6, 6.07) is 3.85. The van der Waals surface area contributed by atoms with E-state index in [1.165, 1.54) is 11.3 Å². The number of halogens is 1. The Morgan fingerprint density at radius 2 is 2.00 bits per heavy atom. The van der Waals surface area contributed by atoms with Crippen molar-refractivity contribution in [1.29, 1.82) is 0 Å². The molecule has 23 heavy (non-hydrogen) atoms. The van der Waals surface area contributed by atoms with E-state index in [1.54, 1.807) is 0 Å². The van der Waals surface area contributed by atoms with Gasteiger partial charge in [0.1, 0.15) is 0 Å². The van der Waals surface area contributed by atoms with Crippen LogP contribution in [0.15, 0.2) is 12.1 Å². The molecule has 128 valence electrons. The molecule has 0 unspecified atom stereocenters. The van der Waals surface area contributed by atoms with E-state index >= 15 is 0 Å². The standard InChI is InChI=1S/C17H25ClN2O2S/c1-4-19(11-14-5-6-15(18)23-14)17(22)13-7-9-20(10-8-13)16(21)12(2)3/h5-6,12-13H,4,7-11H2,1-3H3. The van der Waals surface area contributed by atoms with Crippen LogP contribution in [-0.2, 0) is 16.1 Å². The molecule has 0 radical (unpaired) electrons. The maximum absolute atomic E-state index is 12.7. The summed E-state index contributed by atoms with van der Waals surface area (Å²) < 4.78 is 0.754. The number of piperidine rings is 1. The molecule has 1 aromatic heterocycles. The number of carbonyl (C=O) groups is 2. The highest BCUT2D eigenvalue weighted by atomic mass is 35.5. The lowest BCUT2D eigenvalue weighted by molar-refractivity contribution is -0.142. The van der Waals surface area contributed by atoms with Gasteiger partial charge in [0.2, 0.25) is 11.8 Å². The molecule has 0 N–H and O–H groups in total. The first-order valence-electron chi connectivity index (χ1n) is 8.24. The monoisotopic (exact) mass is 356 g/mol. The van der Waals surface area contributed by atoms with Crippen LogP contribution >= 0.6 is 22.9 Å². The van der Waals surface area contributed by atoms with E-state index in [4.69, 9.17) is 11.6 Å². The summed E-state index contributed by atoms with van der Waals surface area (Å²) in [7, 11) is 0. The van der Waals surface area contributed by atoms with Crippen LogP contribution in [0.1, 0.15) is 38.5 Å². The largest absolute Gasteiger partial charge is 0.342 e. The van der Waals surface area contributed by atoms with Gasteiger partial charge in [0.15, 0.2) is 0 Å². The van der Waals surface area contributed by atoms with Crippen molar-refractivity contribution in [1.82, 2.24) is 9.80 Å². The minimum absolute atomic E-state index is 0.0259. The van der Waals surface area contributed by atoms with Crippen molar-refractivity contribution in [3.8, 4) is 0 Å². The van der Waals surface area contributed by atoms with Crippen LogP contribution in [0.4, 0.5) is 0 Å². The van der Waals surface area contributed by atoms with Gasteiger partial charge < -0.3 is 9.80 Å². The minimum atomic E-state index is 0.0259. The number of carbonyl (C=O) groups excluding carboxylic acids is 2. The van der Waals surface area contributed by atoms with Gasteiger partial charge in [0.05, 0.1) is 10.9 Å². The second kappa shape index (κ2) is 8.15. The van der Waals surface area contributed by atoms with Crippen molar-refractivity contribution in [3.05, 3.63) is 21.3 Å². The summed E-state index contributed by atoms with van der Waals surface area (Å²) in [5.41, 5.74) is 0. The molecule has 0 spiro atoms. The van der Waals surface area contributed by atoms with E-state index in [9.17, 15) is 9.59 Å². The van der Waals surface area contributed by atoms with E-state index in [0.717, 1.165) is 22.1 Å². The Bertz CT molecular complexity index is 551. The lowest BCUT2D eigenvalue weighted by Gasteiger charge is -2.34. The molecule has 0 aromatic carbocycles. The van der Waals surface area contributed by atoms with Crippen LogP contribution < -0.4 is 0 Å². The predicted octanol–water partition coefficient (Wildman–Crippen LogP) is 3.64. The Labute approximate surface area is 147 Å². The molecule has 4 nitrogen and oxygen atoms in total. The molecule has 1 aliphatic rings. The van der Waals surface area contributed by atoms with Crippen LogP contribution in [0, 0.1) is 11.8 Å². The number of amides is 2. The quantitative estimate of drug-likeness (QED) is 0.808. The number of rotatable bonds is 5. The van der Waals surface area contributed by atoms with Crippen LogP contribution in [0.2, 0.25) is 4.34 Å². The van der Waals surface area contributed by atoms with E-state index in [0.29, 0.717) is 26.2 Å². The Hall–Kier alpha value is -1.07. The molecular formula is C17H25ClN2O2S. The summed E-state index contributed by atoms with van der Waals surface area (Å²) in [6.45, 7) is 8.54. The van der Waals surface area contributed by atoms with Crippen LogP contribution in [-0.4, -0.2) is 41.2 Å². The van der Waals surface area contributed by atoms with Crippen LogP contribution in [0.5, 0.6) is 0 Å². The third-order valence-corrected chi connectivity index (χ3v) is 5.53. The third-order valence-electron chi connectivity index (χ3n) is 4.32. The van der Waals surface area contributed by atoms with Crippen molar-refractivity contribution in [2.24, 2.45) is 11.8 Å². The fourth-order valence-corrected chi connectivity index (χ4v) is 4.04. The van der Waals surface area contributed by atoms with Gasteiger partial charge in [-0.1, -0.05) is 25.4 Å². The van der Waals surface area contributed by atoms with Crippen molar-refractivity contribution in [3.63, 3.8) is 0 Å². The van der Waals surface area contributed by atoms with Crippen molar-refractivity contribution in [2.45, 2.75) is 40.2 Å². The van der Waals surface area contributed by atoms with Crippen molar-refractivity contribution < 1.29 is 9.59 Å². The number of hydrogen-bond acceptors (Lipinski definition) is 3. The van der Waals surface area contributed by atoms with Gasteiger partial charge in [-0.3, -0.25) is 9.59 Å².